The fourth-order valence-electron chi connectivity index (χ4n) is 2.25. The van der Waals surface area contributed by atoms with Crippen molar-refractivity contribution in [2.75, 3.05) is 0 Å². The van der Waals surface area contributed by atoms with Crippen molar-refractivity contribution in [2.24, 2.45) is 0 Å². The van der Waals surface area contributed by atoms with Crippen LogP contribution >= 0.6 is 0 Å². The van der Waals surface area contributed by atoms with Gasteiger partial charge in [-0.2, -0.15) is 0 Å². The van der Waals surface area contributed by atoms with Gasteiger partial charge >= 0.3 is 0 Å². The van der Waals surface area contributed by atoms with Crippen LogP contribution < -0.4 is 0 Å². The number of aliphatic hydroxyl groups excluding tert-OH is 1. The van der Waals surface area contributed by atoms with E-state index >= 15 is 0 Å². The highest BCUT2D eigenvalue weighted by Crippen LogP contribution is 2.26. The molecule has 4 heteroatoms. The maximum Gasteiger partial charge on any atom is 0.263 e. The Labute approximate surface area is 120 Å². The number of nitrogens with zero attached hydrogens (tertiary/aromatic N) is 1. The second-order valence-electron chi connectivity index (χ2n) is 4.83. The van der Waals surface area contributed by atoms with E-state index in [2.05, 4.69) is 4.98 Å². The van der Waals surface area contributed by atoms with E-state index in [1.54, 1.807) is 6.20 Å². The molecule has 0 aliphatic heterocycles. The number of pyridine rings is 1. The minimum atomic E-state index is -2.50. The molecule has 1 unspecified atom stereocenters. The smallest absolute Gasteiger partial charge is 0.263 e. The van der Waals surface area contributed by atoms with Crippen LogP contribution in [0.2, 0.25) is 0 Å². The summed E-state index contributed by atoms with van der Waals surface area (Å²) in [5, 5.41) is 11.3. The molecule has 1 N–H and O–H groups in total. The fourth-order valence-corrected chi connectivity index (χ4v) is 2.25. The number of hydrogen-bond donors (Lipinski definition) is 1. The predicted molar refractivity (Wildman–Crippen MR) is 77.2 cm³/mol. The molecular weight excluding hydrogens is 272 g/mol. The summed E-state index contributed by atoms with van der Waals surface area (Å²) in [7, 11) is 0. The van der Waals surface area contributed by atoms with Crippen LogP contribution in [0.3, 0.4) is 0 Å². The van der Waals surface area contributed by atoms with Gasteiger partial charge in [-0.1, -0.05) is 42.5 Å². The molecule has 106 valence electrons. The third-order valence-corrected chi connectivity index (χ3v) is 3.43. The van der Waals surface area contributed by atoms with Gasteiger partial charge < -0.3 is 5.11 Å². The zero-order chi connectivity index (χ0) is 14.8. The van der Waals surface area contributed by atoms with E-state index in [0.29, 0.717) is 11.1 Å². The van der Waals surface area contributed by atoms with Crippen molar-refractivity contribution >= 4 is 10.9 Å². The van der Waals surface area contributed by atoms with Crippen molar-refractivity contribution < 1.29 is 13.9 Å². The molecule has 1 aromatic heterocycles. The van der Waals surface area contributed by atoms with Crippen molar-refractivity contribution in [1.29, 1.82) is 0 Å². The molecule has 1 atom stereocenters. The molecule has 2 aromatic carbocycles. The van der Waals surface area contributed by atoms with Crippen LogP contribution in [0.4, 0.5) is 8.78 Å². The molecule has 0 radical (unpaired) electrons. The highest BCUT2D eigenvalue weighted by Gasteiger charge is 2.13. The number of aliphatic hydroxyl groups is 1. The molecule has 0 bridgehead atoms. The second-order valence-corrected chi connectivity index (χ2v) is 4.83. The van der Waals surface area contributed by atoms with Gasteiger partial charge in [0.2, 0.25) is 0 Å². The Kier molecular flexibility index (Phi) is 3.62. The number of halogens is 2. The lowest BCUT2D eigenvalue weighted by atomic mass is 10.0. The molecule has 0 aliphatic carbocycles. The Morgan fingerprint density at radius 3 is 2.24 bits per heavy atom. The normalized spacial score (nSPS) is 12.8. The maximum atomic E-state index is 12.5. The van der Waals surface area contributed by atoms with Gasteiger partial charge in [-0.3, -0.25) is 4.98 Å². The quantitative estimate of drug-likeness (QED) is 0.780. The van der Waals surface area contributed by atoms with E-state index in [1.165, 1.54) is 24.3 Å². The second kappa shape index (κ2) is 5.58. The first-order valence-electron chi connectivity index (χ1n) is 6.56. The number of hydrogen-bond acceptors (Lipinski definition) is 2. The van der Waals surface area contributed by atoms with Crippen LogP contribution in [-0.4, -0.2) is 10.1 Å². The van der Waals surface area contributed by atoms with E-state index in [-0.39, 0.29) is 5.56 Å². The number of benzene rings is 2. The van der Waals surface area contributed by atoms with Crippen LogP contribution in [0.15, 0.2) is 60.8 Å². The van der Waals surface area contributed by atoms with Crippen molar-refractivity contribution in [1.82, 2.24) is 4.98 Å². The topological polar surface area (TPSA) is 33.1 Å². The number of alkyl halides is 2. The highest BCUT2D eigenvalue weighted by atomic mass is 19.3. The van der Waals surface area contributed by atoms with Gasteiger partial charge in [-0.15, -0.1) is 0 Å². The van der Waals surface area contributed by atoms with E-state index in [1.807, 2.05) is 30.3 Å². The lowest BCUT2D eigenvalue weighted by molar-refractivity contribution is 0.151. The third kappa shape index (κ3) is 2.76. The molecule has 0 saturated heterocycles. The monoisotopic (exact) mass is 285 g/mol. The molecular formula is C17H13F2NO. The lowest BCUT2D eigenvalue weighted by Crippen LogP contribution is -2.00. The van der Waals surface area contributed by atoms with Gasteiger partial charge in [0.05, 0.1) is 5.52 Å². The van der Waals surface area contributed by atoms with Crippen LogP contribution in [0, 0.1) is 0 Å². The predicted octanol–water partition coefficient (Wildman–Crippen LogP) is 4.25. The fraction of sp³-hybridized carbons (Fsp3) is 0.118. The highest BCUT2D eigenvalue weighted by molar-refractivity contribution is 5.78. The van der Waals surface area contributed by atoms with Crippen molar-refractivity contribution in [2.45, 2.75) is 12.5 Å². The first-order valence-corrected chi connectivity index (χ1v) is 6.56. The molecule has 0 fully saturated rings. The summed E-state index contributed by atoms with van der Waals surface area (Å²) in [6, 6.07) is 15.2. The Hall–Kier alpha value is -2.33. The van der Waals surface area contributed by atoms with Crippen LogP contribution in [-0.2, 0) is 0 Å². The van der Waals surface area contributed by atoms with Gasteiger partial charge in [0.1, 0.15) is 6.10 Å². The minimum absolute atomic E-state index is 0.0532. The maximum absolute atomic E-state index is 12.5. The third-order valence-electron chi connectivity index (χ3n) is 3.43. The molecule has 0 spiro atoms. The number of para-hydroxylation sites is 1. The van der Waals surface area contributed by atoms with E-state index in [0.717, 1.165) is 10.9 Å². The van der Waals surface area contributed by atoms with E-state index in [4.69, 9.17) is 0 Å². The number of rotatable bonds is 3. The Morgan fingerprint density at radius 1 is 0.857 bits per heavy atom. The Morgan fingerprint density at radius 2 is 1.52 bits per heavy atom. The van der Waals surface area contributed by atoms with Crippen molar-refractivity contribution in [3.05, 3.63) is 77.5 Å². The first kappa shape index (κ1) is 13.6. The average Bonchev–Trinajstić information content (AvgIpc) is 2.54. The summed E-state index contributed by atoms with van der Waals surface area (Å²) < 4.78 is 25.0. The lowest BCUT2D eigenvalue weighted by Gasteiger charge is -2.12. The Bertz CT molecular complexity index is 756. The number of aromatic nitrogens is 1. The van der Waals surface area contributed by atoms with Gasteiger partial charge in [-0.25, -0.2) is 8.78 Å². The summed E-state index contributed by atoms with van der Waals surface area (Å²) in [5.74, 6) is 0. The van der Waals surface area contributed by atoms with Crippen molar-refractivity contribution in [3.8, 4) is 0 Å². The van der Waals surface area contributed by atoms with E-state index < -0.39 is 12.5 Å². The molecule has 1 heterocycles. The zero-order valence-electron chi connectivity index (χ0n) is 11.1. The van der Waals surface area contributed by atoms with E-state index in [9.17, 15) is 13.9 Å². The van der Waals surface area contributed by atoms with Gasteiger partial charge in [0.25, 0.3) is 6.43 Å². The SMILES string of the molecule is OC(c1ccc(C(F)F)cc1)c1cnc2ccccc2c1. The van der Waals surface area contributed by atoms with Crippen molar-refractivity contribution in [3.63, 3.8) is 0 Å². The molecule has 0 aliphatic rings. The Balaban J connectivity index is 1.93. The van der Waals surface area contributed by atoms with Gasteiger partial charge in [-0.05, 0) is 17.7 Å². The molecule has 21 heavy (non-hydrogen) atoms. The molecule has 0 saturated carbocycles. The number of fused-ring (bicyclic) bond motifs is 1. The summed E-state index contributed by atoms with van der Waals surface area (Å²) in [5.41, 5.74) is 2.00. The summed E-state index contributed by atoms with van der Waals surface area (Å²) in [6.07, 6.45) is -1.78. The van der Waals surface area contributed by atoms with Gasteiger partial charge in [0.15, 0.2) is 0 Å². The summed E-state index contributed by atoms with van der Waals surface area (Å²) >= 11 is 0. The molecule has 2 nitrogen and oxygen atoms in total. The van der Waals surface area contributed by atoms with Crippen LogP contribution in [0.25, 0.3) is 10.9 Å². The standard InChI is InChI=1S/C17H13F2NO/c18-17(19)12-7-5-11(6-8-12)16(21)14-9-13-3-1-2-4-15(13)20-10-14/h1-10,16-17,21H. The first-order chi connectivity index (χ1) is 10.1. The summed E-state index contributed by atoms with van der Waals surface area (Å²) in [6.45, 7) is 0. The molecule has 0 amide bonds. The minimum Gasteiger partial charge on any atom is -0.384 e. The van der Waals surface area contributed by atoms with Crippen LogP contribution in [0.5, 0.6) is 0 Å². The van der Waals surface area contributed by atoms with Crippen LogP contribution in [0.1, 0.15) is 29.2 Å². The van der Waals surface area contributed by atoms with Gasteiger partial charge in [0, 0.05) is 22.7 Å². The zero-order valence-corrected chi connectivity index (χ0v) is 11.1. The molecule has 3 rings (SSSR count). The summed E-state index contributed by atoms with van der Waals surface area (Å²) in [4.78, 5) is 4.29. The average molecular weight is 285 g/mol. The largest absolute Gasteiger partial charge is 0.384 e. The molecule has 3 aromatic rings.